The molecule has 1 aromatic carbocycles. The minimum atomic E-state index is 0.286. The lowest BCUT2D eigenvalue weighted by molar-refractivity contribution is 0.0751. The second-order valence-electron chi connectivity index (χ2n) is 5.80. The number of rotatable bonds is 3. The number of tetrazole rings is 1. The van der Waals surface area contributed by atoms with Gasteiger partial charge < -0.3 is 5.32 Å². The normalized spacial score (nSPS) is 25.0. The summed E-state index contributed by atoms with van der Waals surface area (Å²) in [5.74, 6) is 0.585. The Balaban J connectivity index is 1.89. The Morgan fingerprint density at radius 3 is 2.84 bits per heavy atom. The van der Waals surface area contributed by atoms with Crippen molar-refractivity contribution in [2.24, 2.45) is 5.41 Å². The predicted octanol–water partition coefficient (Wildman–Crippen LogP) is 1.76. The molecule has 100 valence electrons. The molecular weight excluding hydrogens is 238 g/mol. The maximum absolute atomic E-state index is 3.94. The second kappa shape index (κ2) is 4.42. The van der Waals surface area contributed by atoms with E-state index >= 15 is 0 Å². The molecule has 2 aromatic rings. The Morgan fingerprint density at radius 1 is 1.37 bits per heavy atom. The molecule has 1 fully saturated rings. The van der Waals surface area contributed by atoms with E-state index in [4.69, 9.17) is 0 Å². The molecule has 2 unspecified atom stereocenters. The van der Waals surface area contributed by atoms with Gasteiger partial charge in [-0.2, -0.15) is 0 Å². The van der Waals surface area contributed by atoms with Crippen LogP contribution in [-0.2, 0) is 0 Å². The van der Waals surface area contributed by atoms with Crippen molar-refractivity contribution in [1.82, 2.24) is 25.5 Å². The molecule has 0 amide bonds. The van der Waals surface area contributed by atoms with Gasteiger partial charge >= 0.3 is 0 Å². The molecule has 1 aromatic heterocycles. The molecule has 0 bridgehead atoms. The van der Waals surface area contributed by atoms with E-state index in [0.29, 0.717) is 12.0 Å². The summed E-state index contributed by atoms with van der Waals surface area (Å²) < 4.78 is 1.70. The highest BCUT2D eigenvalue weighted by Gasteiger charge is 2.47. The molecule has 1 heterocycles. The minimum Gasteiger partial charge on any atom is -0.316 e. The number of benzene rings is 1. The van der Waals surface area contributed by atoms with Crippen LogP contribution in [0.15, 0.2) is 30.6 Å². The Kier molecular flexibility index (Phi) is 2.86. The lowest BCUT2D eigenvalue weighted by Crippen LogP contribution is -2.54. The van der Waals surface area contributed by atoms with Crippen molar-refractivity contribution in [3.05, 3.63) is 36.2 Å². The molecule has 1 N–H and O–H groups in total. The molecule has 1 aliphatic carbocycles. The highest BCUT2D eigenvalue weighted by atomic mass is 15.5. The zero-order valence-electron chi connectivity index (χ0n) is 11.5. The summed E-state index contributed by atoms with van der Waals surface area (Å²) in [6.07, 6.45) is 2.81. The van der Waals surface area contributed by atoms with Gasteiger partial charge in [-0.25, -0.2) is 4.68 Å². The van der Waals surface area contributed by atoms with Crippen molar-refractivity contribution in [1.29, 1.82) is 0 Å². The standard InChI is InChI=1S/C14H19N5/c1-14(2)12(8-13(14)15-3)10-5-4-6-11(7-10)19-9-16-17-18-19/h4-7,9,12-13,15H,8H2,1-3H3. The van der Waals surface area contributed by atoms with Gasteiger partial charge in [0.05, 0.1) is 5.69 Å². The van der Waals surface area contributed by atoms with E-state index in [1.54, 1.807) is 11.0 Å². The summed E-state index contributed by atoms with van der Waals surface area (Å²) in [4.78, 5) is 0. The number of nitrogens with zero attached hydrogens (tertiary/aromatic N) is 4. The van der Waals surface area contributed by atoms with Gasteiger partial charge in [0.2, 0.25) is 0 Å². The fraction of sp³-hybridized carbons (Fsp3) is 0.500. The van der Waals surface area contributed by atoms with Gasteiger partial charge in [-0.1, -0.05) is 26.0 Å². The molecule has 19 heavy (non-hydrogen) atoms. The average molecular weight is 257 g/mol. The Hall–Kier alpha value is -1.75. The van der Waals surface area contributed by atoms with E-state index in [2.05, 4.69) is 52.9 Å². The summed E-state index contributed by atoms with van der Waals surface area (Å²) in [6, 6.07) is 9.09. The molecule has 0 radical (unpaired) electrons. The Labute approximate surface area is 113 Å². The molecule has 1 saturated carbocycles. The zero-order valence-corrected chi connectivity index (χ0v) is 11.5. The van der Waals surface area contributed by atoms with Gasteiger partial charge in [0.1, 0.15) is 6.33 Å². The van der Waals surface area contributed by atoms with Crippen LogP contribution in [0.1, 0.15) is 31.7 Å². The summed E-state index contributed by atoms with van der Waals surface area (Å²) >= 11 is 0. The SMILES string of the molecule is CNC1CC(c2cccc(-n3cnnn3)c2)C1(C)C. The van der Waals surface area contributed by atoms with Crippen LogP contribution >= 0.6 is 0 Å². The first-order valence-electron chi connectivity index (χ1n) is 6.63. The monoisotopic (exact) mass is 257 g/mol. The van der Waals surface area contributed by atoms with E-state index in [0.717, 1.165) is 5.69 Å². The van der Waals surface area contributed by atoms with Crippen LogP contribution in [0.4, 0.5) is 0 Å². The van der Waals surface area contributed by atoms with E-state index < -0.39 is 0 Å². The van der Waals surface area contributed by atoms with E-state index in [9.17, 15) is 0 Å². The van der Waals surface area contributed by atoms with Crippen LogP contribution in [0.5, 0.6) is 0 Å². The largest absolute Gasteiger partial charge is 0.316 e. The summed E-state index contributed by atoms with van der Waals surface area (Å²) in [5, 5.41) is 14.7. The van der Waals surface area contributed by atoms with Gasteiger partial charge in [0.25, 0.3) is 0 Å². The van der Waals surface area contributed by atoms with E-state index in [1.807, 2.05) is 13.1 Å². The van der Waals surface area contributed by atoms with Crippen molar-refractivity contribution in [3.8, 4) is 5.69 Å². The smallest absolute Gasteiger partial charge is 0.143 e. The summed E-state index contributed by atoms with van der Waals surface area (Å²) in [5.41, 5.74) is 2.67. The third-order valence-corrected chi connectivity index (χ3v) is 4.50. The van der Waals surface area contributed by atoms with Gasteiger partial charge in [-0.05, 0) is 52.9 Å². The molecule has 0 saturated heterocycles. The minimum absolute atomic E-state index is 0.286. The summed E-state index contributed by atoms with van der Waals surface area (Å²) in [6.45, 7) is 4.65. The highest BCUT2D eigenvalue weighted by molar-refractivity contribution is 5.38. The van der Waals surface area contributed by atoms with Gasteiger partial charge in [0.15, 0.2) is 0 Å². The van der Waals surface area contributed by atoms with Crippen LogP contribution in [0.25, 0.3) is 5.69 Å². The average Bonchev–Trinajstić information content (AvgIpc) is 2.92. The quantitative estimate of drug-likeness (QED) is 0.910. The first-order chi connectivity index (χ1) is 9.13. The summed E-state index contributed by atoms with van der Waals surface area (Å²) in [7, 11) is 2.04. The molecule has 0 aliphatic heterocycles. The van der Waals surface area contributed by atoms with Crippen LogP contribution < -0.4 is 5.32 Å². The number of hydrogen-bond donors (Lipinski definition) is 1. The zero-order chi connectivity index (χ0) is 13.5. The maximum Gasteiger partial charge on any atom is 0.143 e. The maximum atomic E-state index is 3.94. The van der Waals surface area contributed by atoms with E-state index in [-0.39, 0.29) is 5.41 Å². The van der Waals surface area contributed by atoms with Gasteiger partial charge in [0, 0.05) is 6.04 Å². The third kappa shape index (κ3) is 1.94. The van der Waals surface area contributed by atoms with Crippen LogP contribution in [0.2, 0.25) is 0 Å². The molecule has 2 atom stereocenters. The fourth-order valence-electron chi connectivity index (χ4n) is 3.14. The number of nitrogens with one attached hydrogen (secondary N) is 1. The predicted molar refractivity (Wildman–Crippen MR) is 73.1 cm³/mol. The molecule has 1 aliphatic rings. The van der Waals surface area contributed by atoms with Crippen molar-refractivity contribution in [2.75, 3.05) is 7.05 Å². The lowest BCUT2D eigenvalue weighted by atomic mass is 9.56. The topological polar surface area (TPSA) is 55.6 Å². The molecule has 5 nitrogen and oxygen atoms in total. The first kappa shape index (κ1) is 12.3. The number of aromatic nitrogens is 4. The van der Waals surface area contributed by atoms with Crippen LogP contribution in [0, 0.1) is 5.41 Å². The highest BCUT2D eigenvalue weighted by Crippen LogP contribution is 2.52. The number of hydrogen-bond acceptors (Lipinski definition) is 4. The van der Waals surface area contributed by atoms with Crippen molar-refractivity contribution >= 4 is 0 Å². The molecule has 5 heteroatoms. The second-order valence-corrected chi connectivity index (χ2v) is 5.80. The first-order valence-corrected chi connectivity index (χ1v) is 6.63. The Bertz CT molecular complexity index is 561. The van der Waals surface area contributed by atoms with Crippen LogP contribution in [0.3, 0.4) is 0 Å². The van der Waals surface area contributed by atoms with Crippen molar-refractivity contribution < 1.29 is 0 Å². The fourth-order valence-corrected chi connectivity index (χ4v) is 3.14. The molecular formula is C14H19N5. The third-order valence-electron chi connectivity index (χ3n) is 4.50. The molecule has 0 spiro atoms. The van der Waals surface area contributed by atoms with Crippen molar-refractivity contribution in [2.45, 2.75) is 32.2 Å². The van der Waals surface area contributed by atoms with Crippen LogP contribution in [-0.4, -0.2) is 33.3 Å². The van der Waals surface area contributed by atoms with Gasteiger partial charge in [-0.15, -0.1) is 5.10 Å². The van der Waals surface area contributed by atoms with Gasteiger partial charge in [-0.3, -0.25) is 0 Å². The van der Waals surface area contributed by atoms with E-state index in [1.165, 1.54) is 12.0 Å². The molecule has 3 rings (SSSR count). The Morgan fingerprint density at radius 2 is 2.21 bits per heavy atom. The van der Waals surface area contributed by atoms with Crippen molar-refractivity contribution in [3.63, 3.8) is 0 Å². The lowest BCUT2D eigenvalue weighted by Gasteiger charge is -2.52.